The quantitative estimate of drug-likeness (QED) is 0.430. The van der Waals surface area contributed by atoms with E-state index in [1.165, 1.54) is 15.9 Å². The Morgan fingerprint density at radius 2 is 1.00 bits per heavy atom. The second-order valence-electron chi connectivity index (χ2n) is 6.61. The van der Waals surface area contributed by atoms with Gasteiger partial charge in [0.25, 0.3) is 0 Å². The molecule has 3 heteroatoms. The number of ether oxygens (including phenoxy) is 2. The molecule has 0 aliphatic rings. The van der Waals surface area contributed by atoms with Crippen LogP contribution in [0.5, 0.6) is 0 Å². The first-order valence-electron chi connectivity index (χ1n) is 9.31. The molecule has 1 radical (unpaired) electrons. The molecule has 0 saturated heterocycles. The van der Waals surface area contributed by atoms with E-state index < -0.39 is 12.8 Å². The summed E-state index contributed by atoms with van der Waals surface area (Å²) in [6.07, 6.45) is 1.44. The van der Waals surface area contributed by atoms with Gasteiger partial charge in [0.1, 0.15) is 0 Å². The predicted octanol–water partition coefficient (Wildman–Crippen LogP) is 4.27. The van der Waals surface area contributed by atoms with Crippen LogP contribution in [0.15, 0.2) is 91.0 Å². The number of hydrogen-bond acceptors (Lipinski definition) is 2. The summed E-state index contributed by atoms with van der Waals surface area (Å²) in [6.45, 7) is 4.12. The van der Waals surface area contributed by atoms with Crippen LogP contribution < -0.4 is 15.9 Å². The Morgan fingerprint density at radius 1 is 0.667 bits per heavy atom. The van der Waals surface area contributed by atoms with Crippen LogP contribution in [0.3, 0.4) is 0 Å². The zero-order valence-corrected chi connectivity index (χ0v) is 17.1. The molecule has 3 aromatic carbocycles. The average molecular weight is 379 g/mol. The van der Waals surface area contributed by atoms with Crippen molar-refractivity contribution in [3.8, 4) is 0 Å². The molecular formula is C24H28O2P. The molecule has 3 rings (SSSR count). The van der Waals surface area contributed by atoms with Crippen LogP contribution in [0.1, 0.15) is 12.8 Å². The summed E-state index contributed by atoms with van der Waals surface area (Å²) in [7, 11) is 0.810. The molecule has 0 saturated carbocycles. The van der Waals surface area contributed by atoms with Gasteiger partial charge in [-0.05, 0) is 0 Å². The minimum atomic E-state index is -2.71. The van der Waals surface area contributed by atoms with Gasteiger partial charge >= 0.3 is 163 Å². The van der Waals surface area contributed by atoms with Gasteiger partial charge in [0, 0.05) is 0 Å². The van der Waals surface area contributed by atoms with Crippen LogP contribution in [-0.2, 0) is 9.47 Å². The summed E-state index contributed by atoms with van der Waals surface area (Å²) < 4.78 is 12.5. The predicted molar refractivity (Wildman–Crippen MR) is 118 cm³/mol. The van der Waals surface area contributed by atoms with E-state index in [1.54, 1.807) is 14.2 Å². The van der Waals surface area contributed by atoms with E-state index >= 15 is 0 Å². The molecule has 0 amide bonds. The average Bonchev–Trinajstić information content (AvgIpc) is 2.76. The van der Waals surface area contributed by atoms with E-state index in [9.17, 15) is 0 Å². The van der Waals surface area contributed by atoms with Gasteiger partial charge in [0.05, 0.1) is 0 Å². The Morgan fingerprint density at radius 3 is 1.26 bits per heavy atom. The fraction of sp³-hybridized carbons (Fsp3) is 0.208. The van der Waals surface area contributed by atoms with Crippen molar-refractivity contribution in [2.45, 2.75) is 18.4 Å². The van der Waals surface area contributed by atoms with Crippen molar-refractivity contribution in [2.75, 3.05) is 14.2 Å². The maximum atomic E-state index is 6.26. The van der Waals surface area contributed by atoms with Gasteiger partial charge in [0.2, 0.25) is 0 Å². The summed E-state index contributed by atoms with van der Waals surface area (Å²) in [6, 6.07) is 32.0. The van der Waals surface area contributed by atoms with Crippen LogP contribution in [0.4, 0.5) is 0 Å². The summed E-state index contributed by atoms with van der Waals surface area (Å²) in [5.41, 5.74) is -0.765. The van der Waals surface area contributed by atoms with Crippen LogP contribution in [-0.4, -0.2) is 19.7 Å². The standard InChI is InChI=1S/C24H28O2P/c1-4-20-24(25-2,26-3)27(21-14-8-5-9-15-21,22-16-10-6-11-17-22)23-18-12-7-13-19-23/h5-19,27H,1,4,20H2,2-3H3. The zero-order valence-electron chi connectivity index (χ0n) is 16.1. The van der Waals surface area contributed by atoms with Crippen molar-refractivity contribution < 1.29 is 9.47 Å². The molecule has 0 bridgehead atoms. The Balaban J connectivity index is 2.46. The third-order valence-electron chi connectivity index (χ3n) is 5.36. The zero-order chi connectivity index (χ0) is 19.2. The normalized spacial score (nSPS) is 12.7. The van der Waals surface area contributed by atoms with Crippen molar-refractivity contribution in [1.29, 1.82) is 0 Å². The van der Waals surface area contributed by atoms with E-state index in [1.807, 2.05) is 0 Å². The molecule has 0 spiro atoms. The molecule has 0 aliphatic heterocycles. The number of benzene rings is 3. The molecule has 2 nitrogen and oxygen atoms in total. The van der Waals surface area contributed by atoms with E-state index in [0.717, 1.165) is 6.42 Å². The molecule has 0 aromatic heterocycles. The monoisotopic (exact) mass is 379 g/mol. The SMILES string of the molecule is [CH2]CCC(OC)(OC)[PH](c1ccccc1)(c1ccccc1)c1ccccc1. The van der Waals surface area contributed by atoms with Gasteiger partial charge in [-0.3, -0.25) is 0 Å². The van der Waals surface area contributed by atoms with E-state index in [-0.39, 0.29) is 0 Å². The van der Waals surface area contributed by atoms with Crippen molar-refractivity contribution in [1.82, 2.24) is 0 Å². The summed E-state index contributed by atoms with van der Waals surface area (Å²) in [5, 5.41) is 3.79. The first-order valence-corrected chi connectivity index (χ1v) is 11.3. The molecule has 0 heterocycles. The Hall–Kier alpha value is -1.99. The second-order valence-corrected chi connectivity index (χ2v) is 10.6. The maximum absolute atomic E-state index is 6.26. The van der Waals surface area contributed by atoms with Crippen LogP contribution >= 0.6 is 7.26 Å². The topological polar surface area (TPSA) is 18.5 Å². The molecule has 0 N–H and O–H groups in total. The van der Waals surface area contributed by atoms with Gasteiger partial charge in [-0.25, -0.2) is 0 Å². The van der Waals surface area contributed by atoms with E-state index in [0.29, 0.717) is 6.42 Å². The molecule has 0 fully saturated rings. The van der Waals surface area contributed by atoms with Gasteiger partial charge in [-0.2, -0.15) is 0 Å². The summed E-state index contributed by atoms with van der Waals surface area (Å²) in [5.74, 6) is 0. The van der Waals surface area contributed by atoms with Gasteiger partial charge in [-0.1, -0.05) is 0 Å². The Labute approximate surface area is 163 Å². The molecular weight excluding hydrogens is 351 g/mol. The molecule has 0 atom stereocenters. The number of rotatable bonds is 8. The summed E-state index contributed by atoms with van der Waals surface area (Å²) >= 11 is 0. The molecule has 141 valence electrons. The number of methoxy groups -OCH3 is 2. The first-order chi connectivity index (χ1) is 13.2. The minimum absolute atomic E-state index is 0.713. The van der Waals surface area contributed by atoms with Crippen molar-refractivity contribution >= 4 is 23.2 Å². The van der Waals surface area contributed by atoms with E-state index in [4.69, 9.17) is 9.47 Å². The van der Waals surface area contributed by atoms with Crippen LogP contribution in [0, 0.1) is 6.92 Å². The van der Waals surface area contributed by atoms with Crippen molar-refractivity contribution in [3.63, 3.8) is 0 Å². The molecule has 0 unspecified atom stereocenters. The van der Waals surface area contributed by atoms with Crippen molar-refractivity contribution in [3.05, 3.63) is 97.9 Å². The third kappa shape index (κ3) is 3.34. The third-order valence-corrected chi connectivity index (χ3v) is 10.8. The second kappa shape index (κ2) is 8.80. The van der Waals surface area contributed by atoms with Crippen molar-refractivity contribution in [2.24, 2.45) is 0 Å². The van der Waals surface area contributed by atoms with Gasteiger partial charge in [0.15, 0.2) is 0 Å². The van der Waals surface area contributed by atoms with Gasteiger partial charge in [-0.15, -0.1) is 0 Å². The Bertz CT molecular complexity index is 718. The van der Waals surface area contributed by atoms with Crippen LogP contribution in [0.25, 0.3) is 0 Å². The molecule has 3 aromatic rings. The summed E-state index contributed by atoms with van der Waals surface area (Å²) in [4.78, 5) is 0. The van der Waals surface area contributed by atoms with Gasteiger partial charge < -0.3 is 0 Å². The van der Waals surface area contributed by atoms with Crippen LogP contribution in [0.2, 0.25) is 0 Å². The first kappa shape index (κ1) is 19.8. The fourth-order valence-electron chi connectivity index (χ4n) is 4.24. The molecule has 0 aliphatic carbocycles. The molecule has 27 heavy (non-hydrogen) atoms. The van der Waals surface area contributed by atoms with E-state index in [2.05, 4.69) is 97.9 Å². The number of hydrogen-bond donors (Lipinski definition) is 0. The Kier molecular flexibility index (Phi) is 6.44. The fourth-order valence-corrected chi connectivity index (χ4v) is 9.80.